The van der Waals surface area contributed by atoms with Gasteiger partial charge in [-0.3, -0.25) is 19.7 Å². The molecule has 40 heavy (non-hydrogen) atoms. The van der Waals surface area contributed by atoms with Gasteiger partial charge in [-0.1, -0.05) is 40.2 Å². The van der Waals surface area contributed by atoms with Crippen molar-refractivity contribution in [3.8, 4) is 16.9 Å². The number of carbonyl (C=O) groups excluding carboxylic acids is 3. The van der Waals surface area contributed by atoms with Crippen molar-refractivity contribution in [2.75, 3.05) is 6.54 Å². The van der Waals surface area contributed by atoms with Crippen LogP contribution in [0.3, 0.4) is 0 Å². The van der Waals surface area contributed by atoms with Crippen molar-refractivity contribution < 1.29 is 14.4 Å². The number of aromatic nitrogens is 5. The maximum atomic E-state index is 14.0. The van der Waals surface area contributed by atoms with Crippen LogP contribution < -0.4 is 5.32 Å². The normalized spacial score (nSPS) is 18.1. The van der Waals surface area contributed by atoms with Crippen molar-refractivity contribution in [2.24, 2.45) is 0 Å². The number of likely N-dealkylation sites (tertiary alicyclic amines) is 1. The van der Waals surface area contributed by atoms with Gasteiger partial charge in [-0.15, -0.1) is 5.10 Å². The molecule has 1 atom stereocenters. The Balaban J connectivity index is 1.29. The van der Waals surface area contributed by atoms with E-state index in [-0.39, 0.29) is 17.5 Å². The number of piperidine rings is 1. The van der Waals surface area contributed by atoms with E-state index in [1.54, 1.807) is 35.3 Å². The number of halogens is 1. The van der Waals surface area contributed by atoms with E-state index in [0.29, 0.717) is 40.9 Å². The lowest BCUT2D eigenvalue weighted by Gasteiger charge is -2.45. The lowest BCUT2D eigenvalue weighted by molar-refractivity contribution is 0.0307. The van der Waals surface area contributed by atoms with Crippen LogP contribution in [-0.2, 0) is 6.42 Å². The second kappa shape index (κ2) is 9.81. The van der Waals surface area contributed by atoms with Gasteiger partial charge in [0.2, 0.25) is 0 Å². The summed E-state index contributed by atoms with van der Waals surface area (Å²) < 4.78 is 4.57. The molecule has 1 saturated heterocycles. The highest BCUT2D eigenvalue weighted by Crippen LogP contribution is 2.36. The molecule has 6 rings (SSSR count). The SMILES string of the molecule is CCc1c(C(=O)N2CC(n3cc(-c4cccc5c4C(=O)NC5=O)nn3)CCC2(C)C)cnn1-c1ccc(Br)cc1. The third-order valence-corrected chi connectivity index (χ3v) is 8.42. The van der Waals surface area contributed by atoms with Crippen LogP contribution in [0.25, 0.3) is 16.9 Å². The van der Waals surface area contributed by atoms with Gasteiger partial charge in [-0.05, 0) is 63.4 Å². The van der Waals surface area contributed by atoms with E-state index in [1.165, 1.54) is 0 Å². The Hall–Kier alpha value is -4.12. The van der Waals surface area contributed by atoms with Crippen molar-refractivity contribution in [1.82, 2.24) is 35.0 Å². The highest BCUT2D eigenvalue weighted by molar-refractivity contribution is 9.10. The summed E-state index contributed by atoms with van der Waals surface area (Å²) in [6.45, 7) is 6.65. The molecule has 2 aromatic carbocycles. The number of nitrogens with zero attached hydrogens (tertiary/aromatic N) is 6. The number of nitrogens with one attached hydrogen (secondary N) is 1. The van der Waals surface area contributed by atoms with Gasteiger partial charge in [0, 0.05) is 22.1 Å². The molecule has 2 aromatic heterocycles. The van der Waals surface area contributed by atoms with E-state index in [1.807, 2.05) is 40.8 Å². The molecule has 4 heterocycles. The Morgan fingerprint density at radius 2 is 1.85 bits per heavy atom. The van der Waals surface area contributed by atoms with Crippen molar-refractivity contribution in [2.45, 2.75) is 51.6 Å². The lowest BCUT2D eigenvalue weighted by atomic mass is 9.87. The number of hydrogen-bond donors (Lipinski definition) is 1. The largest absolute Gasteiger partial charge is 0.331 e. The van der Waals surface area contributed by atoms with Crippen LogP contribution in [0, 0.1) is 0 Å². The number of imide groups is 1. The molecule has 3 amide bonds. The van der Waals surface area contributed by atoms with E-state index in [2.05, 4.69) is 50.5 Å². The maximum absolute atomic E-state index is 14.0. The minimum absolute atomic E-state index is 0.0636. The molecule has 0 aliphatic carbocycles. The Morgan fingerprint density at radius 1 is 1.10 bits per heavy atom. The van der Waals surface area contributed by atoms with Gasteiger partial charge in [-0.2, -0.15) is 5.10 Å². The summed E-state index contributed by atoms with van der Waals surface area (Å²) in [5.41, 5.74) is 3.71. The highest BCUT2D eigenvalue weighted by atomic mass is 79.9. The summed E-state index contributed by atoms with van der Waals surface area (Å²) in [4.78, 5) is 40.5. The van der Waals surface area contributed by atoms with E-state index in [0.717, 1.165) is 28.7 Å². The summed E-state index contributed by atoms with van der Waals surface area (Å²) in [7, 11) is 0. The van der Waals surface area contributed by atoms with E-state index >= 15 is 0 Å². The van der Waals surface area contributed by atoms with Gasteiger partial charge >= 0.3 is 0 Å². The first-order valence-corrected chi connectivity index (χ1v) is 14.0. The Morgan fingerprint density at radius 3 is 2.60 bits per heavy atom. The molecule has 204 valence electrons. The second-order valence-corrected chi connectivity index (χ2v) is 11.7. The fraction of sp³-hybridized carbons (Fsp3) is 0.310. The molecule has 1 N–H and O–H groups in total. The summed E-state index contributed by atoms with van der Waals surface area (Å²) in [5.74, 6) is -0.907. The van der Waals surface area contributed by atoms with Gasteiger partial charge in [0.05, 0.1) is 46.5 Å². The molecule has 1 fully saturated rings. The fourth-order valence-electron chi connectivity index (χ4n) is 5.63. The average Bonchev–Trinajstić information content (AvgIpc) is 3.66. The molecule has 0 spiro atoms. The summed E-state index contributed by atoms with van der Waals surface area (Å²) >= 11 is 3.47. The summed E-state index contributed by atoms with van der Waals surface area (Å²) in [6.07, 6.45) is 5.70. The molecule has 1 unspecified atom stereocenters. The molecule has 0 saturated carbocycles. The Bertz CT molecular complexity index is 1650. The van der Waals surface area contributed by atoms with Crippen molar-refractivity contribution in [3.63, 3.8) is 0 Å². The van der Waals surface area contributed by atoms with Crippen LogP contribution in [0.2, 0.25) is 0 Å². The monoisotopic (exact) mass is 601 g/mol. The van der Waals surface area contributed by atoms with Crippen LogP contribution in [0.4, 0.5) is 0 Å². The highest BCUT2D eigenvalue weighted by Gasteiger charge is 2.40. The molecular formula is C29H28BrN7O3. The summed E-state index contributed by atoms with van der Waals surface area (Å²) in [5, 5.41) is 15.6. The second-order valence-electron chi connectivity index (χ2n) is 10.8. The zero-order valence-corrected chi connectivity index (χ0v) is 24.0. The van der Waals surface area contributed by atoms with Gasteiger partial charge < -0.3 is 4.90 Å². The van der Waals surface area contributed by atoms with E-state index in [4.69, 9.17) is 0 Å². The van der Waals surface area contributed by atoms with Gasteiger partial charge in [-0.25, -0.2) is 9.36 Å². The zero-order chi connectivity index (χ0) is 28.2. The smallest absolute Gasteiger partial charge is 0.259 e. The van der Waals surface area contributed by atoms with Crippen LogP contribution in [0.5, 0.6) is 0 Å². The quantitative estimate of drug-likeness (QED) is 0.334. The van der Waals surface area contributed by atoms with Crippen LogP contribution in [0.15, 0.2) is 59.3 Å². The topological polar surface area (TPSA) is 115 Å². The van der Waals surface area contributed by atoms with Crippen LogP contribution >= 0.6 is 15.9 Å². The predicted octanol–water partition coefficient (Wildman–Crippen LogP) is 4.60. The molecule has 4 aromatic rings. The van der Waals surface area contributed by atoms with Gasteiger partial charge in [0.25, 0.3) is 17.7 Å². The molecule has 2 aliphatic heterocycles. The first-order chi connectivity index (χ1) is 19.2. The minimum atomic E-state index is -0.434. The van der Waals surface area contributed by atoms with Gasteiger partial charge in [0.15, 0.2) is 0 Å². The van der Waals surface area contributed by atoms with Crippen molar-refractivity contribution in [1.29, 1.82) is 0 Å². The fourth-order valence-corrected chi connectivity index (χ4v) is 5.90. The molecule has 0 radical (unpaired) electrons. The standard InChI is InChI=1S/C29H28BrN7O3/c1-4-24-22(14-31-37(24)18-10-8-17(30)9-11-18)28(40)35-15-19(12-13-29(35,2)3)36-16-23(33-34-36)20-6-5-7-21-25(20)27(39)32-26(21)38/h5-11,14,16,19H,4,12-13,15H2,1-3H3,(H,32,38,39). The molecule has 11 heteroatoms. The Kier molecular flexibility index (Phi) is 6.41. The zero-order valence-electron chi connectivity index (χ0n) is 22.4. The van der Waals surface area contributed by atoms with E-state index < -0.39 is 11.8 Å². The third kappa shape index (κ3) is 4.34. The number of hydrogen-bond acceptors (Lipinski definition) is 6. The van der Waals surface area contributed by atoms with Crippen molar-refractivity contribution in [3.05, 3.63) is 81.7 Å². The number of fused-ring (bicyclic) bond motifs is 1. The van der Waals surface area contributed by atoms with Gasteiger partial charge in [0.1, 0.15) is 5.69 Å². The first-order valence-electron chi connectivity index (χ1n) is 13.2. The summed E-state index contributed by atoms with van der Waals surface area (Å²) in [6, 6.07) is 12.9. The molecular weight excluding hydrogens is 574 g/mol. The van der Waals surface area contributed by atoms with E-state index in [9.17, 15) is 14.4 Å². The molecule has 2 aliphatic rings. The number of carbonyl (C=O) groups is 3. The molecule has 0 bridgehead atoms. The maximum Gasteiger partial charge on any atom is 0.259 e. The van der Waals surface area contributed by atoms with Crippen LogP contribution in [-0.4, -0.2) is 59.5 Å². The third-order valence-electron chi connectivity index (χ3n) is 7.89. The lowest BCUT2D eigenvalue weighted by Crippen LogP contribution is -2.53. The minimum Gasteiger partial charge on any atom is -0.331 e. The number of rotatable bonds is 5. The first kappa shape index (κ1) is 26.1. The Labute approximate surface area is 239 Å². The number of amides is 3. The van der Waals surface area contributed by atoms with Crippen LogP contribution in [0.1, 0.15) is 76.4 Å². The molecule has 10 nitrogen and oxygen atoms in total. The number of benzene rings is 2. The average molecular weight is 602 g/mol. The predicted molar refractivity (Wildman–Crippen MR) is 151 cm³/mol. The van der Waals surface area contributed by atoms with Crippen molar-refractivity contribution >= 4 is 33.7 Å².